The van der Waals surface area contributed by atoms with Crippen molar-refractivity contribution in [3.63, 3.8) is 0 Å². The molecule has 10 heteroatoms. The van der Waals surface area contributed by atoms with Gasteiger partial charge in [-0.15, -0.1) is 0 Å². The second kappa shape index (κ2) is 10.9. The molecule has 7 nitrogen and oxygen atoms in total. The molecule has 3 aromatic carbocycles. The first-order chi connectivity index (χ1) is 18.1. The highest BCUT2D eigenvalue weighted by atomic mass is 35.5. The van der Waals surface area contributed by atoms with E-state index < -0.39 is 23.8 Å². The minimum atomic E-state index is -4.31. The summed E-state index contributed by atoms with van der Waals surface area (Å²) < 4.78 is 48.4. The molecule has 0 bridgehead atoms. The van der Waals surface area contributed by atoms with Gasteiger partial charge in [-0.05, 0) is 74.4 Å². The second-order valence-corrected chi connectivity index (χ2v) is 12.2. The fourth-order valence-electron chi connectivity index (χ4n) is 4.25. The van der Waals surface area contributed by atoms with E-state index in [4.69, 9.17) is 21.6 Å². The van der Waals surface area contributed by atoms with E-state index in [0.29, 0.717) is 16.4 Å². The predicted molar refractivity (Wildman–Crippen MR) is 149 cm³/mol. The monoisotopic (exact) mass is 565 g/mol. The Morgan fingerprint density at radius 2 is 1.84 bits per heavy atom. The molecule has 0 radical (unpaired) electrons. The first kappa shape index (κ1) is 27.3. The molecule has 0 saturated heterocycles. The molecule has 4 aromatic rings. The van der Waals surface area contributed by atoms with Crippen LogP contribution in [0.2, 0.25) is 5.02 Å². The quantitative estimate of drug-likeness (QED) is 0.163. The number of esters is 1. The highest BCUT2D eigenvalue weighted by Gasteiger charge is 2.42. The third-order valence-electron chi connectivity index (χ3n) is 5.93. The zero-order valence-electron chi connectivity index (χ0n) is 20.8. The van der Waals surface area contributed by atoms with Crippen LogP contribution in [0.4, 0.5) is 0 Å². The Hall–Kier alpha value is -3.76. The molecule has 1 aromatic heterocycles. The van der Waals surface area contributed by atoms with Crippen LogP contribution in [0, 0.1) is 25.2 Å². The van der Waals surface area contributed by atoms with Crippen molar-refractivity contribution < 1.29 is 22.5 Å². The molecule has 192 valence electrons. The van der Waals surface area contributed by atoms with Crippen molar-refractivity contribution in [2.75, 3.05) is 6.61 Å². The lowest BCUT2D eigenvalue weighted by molar-refractivity contribution is 0.0520. The Morgan fingerprint density at radius 3 is 2.50 bits per heavy atom. The van der Waals surface area contributed by atoms with Crippen LogP contribution in [0.15, 0.2) is 71.6 Å². The van der Waals surface area contributed by atoms with Crippen molar-refractivity contribution >= 4 is 63.0 Å². The van der Waals surface area contributed by atoms with Gasteiger partial charge in [0.1, 0.15) is 0 Å². The summed E-state index contributed by atoms with van der Waals surface area (Å²) in [4.78, 5) is 13.4. The van der Waals surface area contributed by atoms with E-state index in [1.54, 1.807) is 44.2 Å². The maximum absolute atomic E-state index is 14.4. The number of nitrogens with zero attached hydrogens (tertiary/aromatic N) is 2. The lowest BCUT2D eigenvalue weighted by Gasteiger charge is -2.11. The minimum absolute atomic E-state index is 0.0133. The number of rotatable bonds is 7. The van der Waals surface area contributed by atoms with Gasteiger partial charge in [-0.1, -0.05) is 40.4 Å². The Labute approximate surface area is 226 Å². The summed E-state index contributed by atoms with van der Waals surface area (Å²) in [5, 5.41) is 9.95. The maximum Gasteiger partial charge on any atom is 0.418 e. The Kier molecular flexibility index (Phi) is 7.84. The van der Waals surface area contributed by atoms with Gasteiger partial charge < -0.3 is 4.74 Å². The third kappa shape index (κ3) is 4.89. The van der Waals surface area contributed by atoms with Crippen molar-refractivity contribution in [3.8, 4) is 6.07 Å². The van der Waals surface area contributed by atoms with Crippen molar-refractivity contribution in [1.29, 1.82) is 5.26 Å². The van der Waals surface area contributed by atoms with Crippen LogP contribution < -0.4 is 10.6 Å². The van der Waals surface area contributed by atoms with E-state index in [1.165, 1.54) is 36.4 Å². The Bertz CT molecular complexity index is 1770. The fourth-order valence-corrected chi connectivity index (χ4v) is 7.80. The lowest BCUT2D eigenvalue weighted by atomic mass is 10.1. The molecule has 0 N–H and O–H groups in total. The van der Waals surface area contributed by atoms with Gasteiger partial charge in [0.25, 0.3) is 10.0 Å². The van der Waals surface area contributed by atoms with Crippen molar-refractivity contribution in [1.82, 2.24) is 3.97 Å². The Balaban J connectivity index is 2.14. The van der Waals surface area contributed by atoms with Crippen molar-refractivity contribution in [2.24, 2.45) is 0 Å². The van der Waals surface area contributed by atoms with E-state index in [-0.39, 0.29) is 38.4 Å². The number of hydrogen-bond donors (Lipinski definition) is 0. The van der Waals surface area contributed by atoms with Crippen LogP contribution in [0.3, 0.4) is 0 Å². The normalized spacial score (nSPS) is 12.0. The van der Waals surface area contributed by atoms with Crippen LogP contribution in [0.5, 0.6) is 0 Å². The molecule has 0 spiro atoms. The number of nitriles is 1. The first-order valence-corrected chi connectivity index (χ1v) is 14.7. The number of benzene rings is 3. The molecule has 0 saturated carbocycles. The average molecular weight is 566 g/mol. The second-order valence-electron chi connectivity index (χ2n) is 8.42. The minimum Gasteiger partial charge on any atom is -0.461 e. The average Bonchev–Trinajstić information content (AvgIpc) is 3.24. The Morgan fingerprint density at radius 1 is 1.13 bits per heavy atom. The molecule has 1 heterocycles. The molecule has 4 rings (SSSR count). The number of halogens is 1. The molecular formula is C28H23ClN2O5PS+. The molecule has 0 aliphatic carbocycles. The predicted octanol–water partition coefficient (Wildman–Crippen LogP) is 5.64. The maximum atomic E-state index is 14.4. The van der Waals surface area contributed by atoms with E-state index in [2.05, 4.69) is 0 Å². The number of hydrogen-bond acceptors (Lipinski definition) is 6. The molecule has 38 heavy (non-hydrogen) atoms. The van der Waals surface area contributed by atoms with Crippen LogP contribution in [-0.2, 0) is 19.3 Å². The summed E-state index contributed by atoms with van der Waals surface area (Å²) in [5.74, 6) is -0.924. The van der Waals surface area contributed by atoms with Crippen LogP contribution in [0.25, 0.3) is 17.0 Å². The molecule has 0 aliphatic rings. The zero-order chi connectivity index (χ0) is 27.6. The van der Waals surface area contributed by atoms with Crippen LogP contribution in [-0.4, -0.2) is 25.0 Å². The number of carbonyl (C=O) groups is 1. The number of carbonyl (C=O) groups excluding carboxylic acids is 1. The van der Waals surface area contributed by atoms with Gasteiger partial charge in [-0.2, -0.15) is 5.26 Å². The summed E-state index contributed by atoms with van der Waals surface area (Å²) in [7, 11) is -6.83. The summed E-state index contributed by atoms with van der Waals surface area (Å²) in [6.07, 6.45) is 2.93. The molecule has 0 fully saturated rings. The summed E-state index contributed by atoms with van der Waals surface area (Å²) in [5.41, 5.74) is 1.90. The highest BCUT2D eigenvalue weighted by Crippen LogP contribution is 2.36. The number of ether oxygens (including phenoxy) is 1. The van der Waals surface area contributed by atoms with Gasteiger partial charge in [0.2, 0.25) is 5.30 Å². The van der Waals surface area contributed by atoms with E-state index in [9.17, 15) is 17.8 Å². The molecular weight excluding hydrogens is 543 g/mol. The molecule has 0 aliphatic heterocycles. The topological polar surface area (TPSA) is 106 Å². The van der Waals surface area contributed by atoms with Gasteiger partial charge >= 0.3 is 13.8 Å². The lowest BCUT2D eigenvalue weighted by Crippen LogP contribution is -2.25. The summed E-state index contributed by atoms with van der Waals surface area (Å²) >= 11 is 6.30. The van der Waals surface area contributed by atoms with Crippen molar-refractivity contribution in [2.45, 2.75) is 25.7 Å². The van der Waals surface area contributed by atoms with E-state index in [1.807, 2.05) is 19.1 Å². The summed E-state index contributed by atoms with van der Waals surface area (Å²) in [6.45, 7) is 5.17. The smallest absolute Gasteiger partial charge is 0.418 e. The molecule has 0 amide bonds. The van der Waals surface area contributed by atoms with Gasteiger partial charge in [-0.3, -0.25) is 0 Å². The number of fused-ring (bicyclic) bond motifs is 1. The highest BCUT2D eigenvalue weighted by molar-refractivity contribution is 7.90. The number of allylic oxidation sites excluding steroid dienone is 1. The van der Waals surface area contributed by atoms with Gasteiger partial charge in [0.05, 0.1) is 28.5 Å². The summed E-state index contributed by atoms with van der Waals surface area (Å²) in [6, 6.07) is 17.7. The van der Waals surface area contributed by atoms with Crippen LogP contribution >= 0.6 is 19.4 Å². The SMILES string of the molecule is CCOC(=O)c1c([P+](=O)c2cc(C)cc(C=CC#N)c2C)c2cc(Cl)ccc2n1S(=O)(=O)c1ccccc1. The standard InChI is InChI=1S/C28H23ClN2O5PS/c1-4-36-28(32)26-27(37(33)25-16-18(2)15-20(19(25)3)9-8-14-30)23-17-21(29)12-13-24(23)31(26)38(34,35)22-10-6-5-7-11-22/h5-13,15-17H,4H2,1-3H3/q+1. The first-order valence-electron chi connectivity index (χ1n) is 11.6. The van der Waals surface area contributed by atoms with E-state index in [0.717, 1.165) is 9.54 Å². The van der Waals surface area contributed by atoms with Gasteiger partial charge in [0.15, 0.2) is 11.0 Å². The van der Waals surface area contributed by atoms with Crippen LogP contribution in [0.1, 0.15) is 34.1 Å². The largest absolute Gasteiger partial charge is 0.461 e. The van der Waals surface area contributed by atoms with Crippen molar-refractivity contribution in [3.05, 3.63) is 94.1 Å². The number of aryl methyl sites for hydroxylation is 1. The van der Waals surface area contributed by atoms with E-state index >= 15 is 0 Å². The number of aromatic nitrogens is 1. The van der Waals surface area contributed by atoms with Gasteiger partial charge in [0, 0.05) is 16.7 Å². The molecule has 1 atom stereocenters. The molecule has 1 unspecified atom stereocenters. The third-order valence-corrected chi connectivity index (χ3v) is 9.66. The zero-order valence-corrected chi connectivity index (χ0v) is 23.3. The fraction of sp³-hybridized carbons (Fsp3) is 0.143. The van der Waals surface area contributed by atoms with Gasteiger partial charge in [-0.25, -0.2) is 17.2 Å².